The maximum Gasteiger partial charge on any atom is 0.119 e. The van der Waals surface area contributed by atoms with Gasteiger partial charge in [-0.15, -0.1) is 0 Å². The molecule has 22 heavy (non-hydrogen) atoms. The van der Waals surface area contributed by atoms with E-state index in [1.54, 1.807) is 6.20 Å². The van der Waals surface area contributed by atoms with E-state index in [2.05, 4.69) is 28.5 Å². The molecule has 1 N–H and O–H groups in total. The van der Waals surface area contributed by atoms with Crippen molar-refractivity contribution in [3.8, 4) is 5.75 Å². The van der Waals surface area contributed by atoms with Crippen molar-refractivity contribution in [3.05, 3.63) is 59.9 Å². The maximum atomic E-state index is 5.77. The van der Waals surface area contributed by atoms with Gasteiger partial charge in [0.1, 0.15) is 12.4 Å². The SMILES string of the molecule is c1cncc(CNCc2ccc(OCC3CCCO3)cc2)c1. The fraction of sp³-hybridized carbons (Fsp3) is 0.389. The largest absolute Gasteiger partial charge is 0.491 e. The molecule has 0 radical (unpaired) electrons. The molecule has 1 aliphatic rings. The summed E-state index contributed by atoms with van der Waals surface area (Å²) in [5.74, 6) is 0.909. The van der Waals surface area contributed by atoms with Crippen LogP contribution in [0, 0.1) is 0 Å². The molecule has 1 aromatic carbocycles. The van der Waals surface area contributed by atoms with Gasteiger partial charge in [-0.3, -0.25) is 4.98 Å². The van der Waals surface area contributed by atoms with Crippen LogP contribution in [-0.4, -0.2) is 24.3 Å². The zero-order valence-electron chi connectivity index (χ0n) is 12.7. The summed E-state index contributed by atoms with van der Waals surface area (Å²) in [7, 11) is 0. The average molecular weight is 298 g/mol. The Morgan fingerprint density at radius 1 is 1.14 bits per heavy atom. The second-order valence-electron chi connectivity index (χ2n) is 5.55. The van der Waals surface area contributed by atoms with Gasteiger partial charge in [0, 0.05) is 32.1 Å². The van der Waals surface area contributed by atoms with Gasteiger partial charge in [-0.25, -0.2) is 0 Å². The van der Waals surface area contributed by atoms with Crippen molar-refractivity contribution in [3.63, 3.8) is 0 Å². The highest BCUT2D eigenvalue weighted by molar-refractivity contribution is 5.27. The van der Waals surface area contributed by atoms with E-state index in [-0.39, 0.29) is 6.10 Å². The molecule has 1 aliphatic heterocycles. The Balaban J connectivity index is 1.41. The predicted octanol–water partition coefficient (Wildman–Crippen LogP) is 2.93. The van der Waals surface area contributed by atoms with Crippen LogP contribution in [0.3, 0.4) is 0 Å². The number of hydrogen-bond acceptors (Lipinski definition) is 4. The molecule has 1 aromatic heterocycles. The van der Waals surface area contributed by atoms with Crippen LogP contribution in [0.15, 0.2) is 48.8 Å². The third-order valence-corrected chi connectivity index (χ3v) is 3.76. The van der Waals surface area contributed by atoms with Crippen molar-refractivity contribution in [2.24, 2.45) is 0 Å². The average Bonchev–Trinajstić information content (AvgIpc) is 3.09. The van der Waals surface area contributed by atoms with Crippen molar-refractivity contribution >= 4 is 0 Å². The molecule has 0 spiro atoms. The molecule has 0 aliphatic carbocycles. The Kier molecular flexibility index (Phi) is 5.40. The smallest absolute Gasteiger partial charge is 0.119 e. The van der Waals surface area contributed by atoms with Crippen molar-refractivity contribution in [1.29, 1.82) is 0 Å². The van der Waals surface area contributed by atoms with Crippen LogP contribution in [0.4, 0.5) is 0 Å². The van der Waals surface area contributed by atoms with Gasteiger partial charge in [-0.1, -0.05) is 18.2 Å². The summed E-state index contributed by atoms with van der Waals surface area (Å²) in [6.07, 6.45) is 6.19. The van der Waals surface area contributed by atoms with Crippen molar-refractivity contribution in [1.82, 2.24) is 10.3 Å². The van der Waals surface area contributed by atoms with Crippen LogP contribution in [-0.2, 0) is 17.8 Å². The lowest BCUT2D eigenvalue weighted by molar-refractivity contribution is 0.0679. The lowest BCUT2D eigenvalue weighted by Crippen LogP contribution is -2.16. The first-order valence-electron chi connectivity index (χ1n) is 7.83. The van der Waals surface area contributed by atoms with Crippen molar-refractivity contribution < 1.29 is 9.47 Å². The molecule has 1 atom stereocenters. The minimum absolute atomic E-state index is 0.265. The third-order valence-electron chi connectivity index (χ3n) is 3.76. The summed E-state index contributed by atoms with van der Waals surface area (Å²) in [5.41, 5.74) is 2.44. The minimum atomic E-state index is 0.265. The Bertz CT molecular complexity index is 551. The summed E-state index contributed by atoms with van der Waals surface area (Å²) < 4.78 is 11.3. The molecule has 3 rings (SSSR count). The number of pyridine rings is 1. The van der Waals surface area contributed by atoms with Gasteiger partial charge in [0.15, 0.2) is 0 Å². The number of ether oxygens (including phenoxy) is 2. The lowest BCUT2D eigenvalue weighted by atomic mass is 10.2. The van der Waals surface area contributed by atoms with E-state index in [1.165, 1.54) is 11.1 Å². The van der Waals surface area contributed by atoms with E-state index in [0.717, 1.165) is 38.3 Å². The van der Waals surface area contributed by atoms with Gasteiger partial charge >= 0.3 is 0 Å². The molecule has 4 heteroatoms. The summed E-state index contributed by atoms with van der Waals surface area (Å²) in [6.45, 7) is 3.18. The molecule has 1 fully saturated rings. The molecular weight excluding hydrogens is 276 g/mol. The highest BCUT2D eigenvalue weighted by Crippen LogP contribution is 2.16. The molecule has 2 aromatic rings. The van der Waals surface area contributed by atoms with E-state index in [0.29, 0.717) is 6.61 Å². The molecule has 4 nitrogen and oxygen atoms in total. The highest BCUT2D eigenvalue weighted by atomic mass is 16.5. The highest BCUT2D eigenvalue weighted by Gasteiger charge is 2.15. The van der Waals surface area contributed by atoms with Crippen LogP contribution < -0.4 is 10.1 Å². The maximum absolute atomic E-state index is 5.77. The molecule has 1 unspecified atom stereocenters. The Morgan fingerprint density at radius 2 is 2.00 bits per heavy atom. The fourth-order valence-corrected chi connectivity index (χ4v) is 2.52. The van der Waals surface area contributed by atoms with Gasteiger partial charge in [0.25, 0.3) is 0 Å². The van der Waals surface area contributed by atoms with Crippen molar-refractivity contribution in [2.75, 3.05) is 13.2 Å². The third kappa shape index (κ3) is 4.55. The number of nitrogens with zero attached hydrogens (tertiary/aromatic N) is 1. The van der Waals surface area contributed by atoms with Crippen LogP contribution in [0.2, 0.25) is 0 Å². The van der Waals surface area contributed by atoms with Crippen molar-refractivity contribution in [2.45, 2.75) is 32.0 Å². The molecular formula is C18H22N2O2. The first-order valence-corrected chi connectivity index (χ1v) is 7.83. The number of aromatic nitrogens is 1. The zero-order valence-corrected chi connectivity index (χ0v) is 12.7. The standard InChI is InChI=1S/C18H22N2O2/c1-3-16(12-19-9-1)13-20-11-15-5-7-17(8-6-15)22-14-18-4-2-10-21-18/h1,3,5-9,12,18,20H,2,4,10-11,13-14H2. The van der Waals surface area contributed by atoms with Crippen LogP contribution >= 0.6 is 0 Å². The predicted molar refractivity (Wildman–Crippen MR) is 85.7 cm³/mol. The molecule has 0 saturated carbocycles. The van der Waals surface area contributed by atoms with Gasteiger partial charge in [0.05, 0.1) is 6.10 Å². The zero-order chi connectivity index (χ0) is 15.0. The number of benzene rings is 1. The minimum Gasteiger partial charge on any atom is -0.491 e. The lowest BCUT2D eigenvalue weighted by Gasteiger charge is -2.12. The molecule has 0 amide bonds. The number of hydrogen-bond donors (Lipinski definition) is 1. The first-order chi connectivity index (χ1) is 10.9. The van der Waals surface area contributed by atoms with Crippen LogP contribution in [0.25, 0.3) is 0 Å². The van der Waals surface area contributed by atoms with E-state index < -0.39 is 0 Å². The summed E-state index contributed by atoms with van der Waals surface area (Å²) in [4.78, 5) is 4.11. The quantitative estimate of drug-likeness (QED) is 0.853. The number of rotatable bonds is 7. The molecule has 1 saturated heterocycles. The second-order valence-corrected chi connectivity index (χ2v) is 5.55. The van der Waals surface area contributed by atoms with Crippen LogP contribution in [0.5, 0.6) is 5.75 Å². The Morgan fingerprint density at radius 3 is 2.73 bits per heavy atom. The summed E-state index contributed by atoms with van der Waals surface area (Å²) in [6, 6.07) is 12.3. The monoisotopic (exact) mass is 298 g/mol. The summed E-state index contributed by atoms with van der Waals surface area (Å²) in [5, 5.41) is 3.41. The van der Waals surface area contributed by atoms with Gasteiger partial charge < -0.3 is 14.8 Å². The number of nitrogens with one attached hydrogen (secondary N) is 1. The molecule has 0 bridgehead atoms. The van der Waals surface area contributed by atoms with Crippen LogP contribution in [0.1, 0.15) is 24.0 Å². The van der Waals surface area contributed by atoms with Gasteiger partial charge in [0.2, 0.25) is 0 Å². The second kappa shape index (κ2) is 7.92. The fourth-order valence-electron chi connectivity index (χ4n) is 2.52. The Labute approximate surface area is 131 Å². The topological polar surface area (TPSA) is 43.4 Å². The normalized spacial score (nSPS) is 17.5. The molecule has 2 heterocycles. The van der Waals surface area contributed by atoms with E-state index in [4.69, 9.17) is 9.47 Å². The van der Waals surface area contributed by atoms with E-state index in [9.17, 15) is 0 Å². The van der Waals surface area contributed by atoms with E-state index in [1.807, 2.05) is 24.4 Å². The first kappa shape index (κ1) is 15.0. The van der Waals surface area contributed by atoms with Gasteiger partial charge in [-0.2, -0.15) is 0 Å². The van der Waals surface area contributed by atoms with E-state index >= 15 is 0 Å². The Hall–Kier alpha value is -1.91. The van der Waals surface area contributed by atoms with Gasteiger partial charge in [-0.05, 0) is 42.2 Å². The molecule has 116 valence electrons. The summed E-state index contributed by atoms with van der Waals surface area (Å²) >= 11 is 0.